The highest BCUT2D eigenvalue weighted by atomic mass is 16.1. The molecule has 0 aliphatic carbocycles. The Kier molecular flexibility index (Phi) is 3.92. The van der Waals surface area contributed by atoms with Gasteiger partial charge in [0.25, 0.3) is 0 Å². The van der Waals surface area contributed by atoms with Gasteiger partial charge in [0.2, 0.25) is 5.95 Å². The van der Waals surface area contributed by atoms with Gasteiger partial charge >= 0.3 is 0 Å². The van der Waals surface area contributed by atoms with Crippen molar-refractivity contribution >= 4 is 28.8 Å². The fraction of sp³-hybridized carbons (Fsp3) is 0. The zero-order valence-corrected chi connectivity index (χ0v) is 13.4. The van der Waals surface area contributed by atoms with E-state index in [4.69, 9.17) is 4.98 Å². The van der Waals surface area contributed by atoms with Crippen molar-refractivity contribution in [2.24, 2.45) is 0 Å². The summed E-state index contributed by atoms with van der Waals surface area (Å²) < 4.78 is 0. The predicted octanol–water partition coefficient (Wildman–Crippen LogP) is 4.85. The van der Waals surface area contributed by atoms with Crippen LogP contribution >= 0.6 is 0 Å². The van der Waals surface area contributed by atoms with Gasteiger partial charge in [-0.2, -0.15) is 0 Å². The van der Waals surface area contributed by atoms with Crippen LogP contribution in [0.2, 0.25) is 0 Å². The van der Waals surface area contributed by atoms with Gasteiger partial charge in [-0.05, 0) is 30.3 Å². The first-order valence-corrected chi connectivity index (χ1v) is 7.98. The molecule has 0 atom stereocenters. The summed E-state index contributed by atoms with van der Waals surface area (Å²) in [7, 11) is 0. The summed E-state index contributed by atoms with van der Waals surface area (Å²) in [4.78, 5) is 20.1. The molecule has 0 spiro atoms. The smallest absolute Gasteiger partial charge is 0.228 e. The number of carbonyl (C=O) groups is 1. The van der Waals surface area contributed by atoms with Crippen molar-refractivity contribution in [3.63, 3.8) is 0 Å². The van der Waals surface area contributed by atoms with E-state index in [1.54, 1.807) is 12.1 Å². The largest absolute Gasteiger partial charge is 0.324 e. The molecule has 0 amide bonds. The Morgan fingerprint density at radius 3 is 2.24 bits per heavy atom. The van der Waals surface area contributed by atoms with Gasteiger partial charge < -0.3 is 5.32 Å². The predicted molar refractivity (Wildman–Crippen MR) is 100 cm³/mol. The average Bonchev–Trinajstić information content (AvgIpc) is 2.68. The molecule has 1 aromatic heterocycles. The molecule has 120 valence electrons. The monoisotopic (exact) mass is 325 g/mol. The Hall–Kier alpha value is -3.53. The number of rotatable bonds is 4. The van der Waals surface area contributed by atoms with Crippen molar-refractivity contribution in [3.8, 4) is 11.3 Å². The molecule has 0 unspecified atom stereocenters. The molecule has 0 saturated carbocycles. The molecule has 3 aromatic carbocycles. The number of hydrogen-bond donors (Lipinski definition) is 1. The molecule has 0 aliphatic rings. The molecule has 0 aliphatic heterocycles. The molecule has 4 heteroatoms. The first-order chi connectivity index (χ1) is 12.3. The molecular formula is C21H15N3O. The lowest BCUT2D eigenvalue weighted by atomic mass is 10.1. The van der Waals surface area contributed by atoms with Crippen molar-refractivity contribution in [1.29, 1.82) is 0 Å². The molecule has 4 rings (SSSR count). The summed E-state index contributed by atoms with van der Waals surface area (Å²) in [5.41, 5.74) is 4.27. The van der Waals surface area contributed by atoms with Crippen LogP contribution in [0.15, 0.2) is 78.9 Å². The second-order valence-corrected chi connectivity index (χ2v) is 5.64. The molecule has 1 N–H and O–H groups in total. The normalized spacial score (nSPS) is 10.6. The van der Waals surface area contributed by atoms with E-state index in [1.807, 2.05) is 66.7 Å². The molecule has 0 radical (unpaired) electrons. The van der Waals surface area contributed by atoms with Crippen LogP contribution in [0.5, 0.6) is 0 Å². The number of aldehydes is 1. The van der Waals surface area contributed by atoms with Gasteiger partial charge in [-0.25, -0.2) is 9.97 Å². The number of fused-ring (bicyclic) bond motifs is 1. The highest BCUT2D eigenvalue weighted by Crippen LogP contribution is 2.27. The van der Waals surface area contributed by atoms with Gasteiger partial charge in [-0.3, -0.25) is 4.79 Å². The summed E-state index contributed by atoms with van der Waals surface area (Å²) in [6.45, 7) is 0. The van der Waals surface area contributed by atoms with Gasteiger partial charge in [-0.1, -0.05) is 48.5 Å². The van der Waals surface area contributed by atoms with Crippen molar-refractivity contribution in [2.75, 3.05) is 5.32 Å². The maximum absolute atomic E-state index is 10.8. The fourth-order valence-corrected chi connectivity index (χ4v) is 2.72. The Morgan fingerprint density at radius 2 is 1.48 bits per heavy atom. The van der Waals surface area contributed by atoms with Gasteiger partial charge in [0.1, 0.15) is 6.29 Å². The van der Waals surface area contributed by atoms with E-state index in [9.17, 15) is 4.79 Å². The summed E-state index contributed by atoms with van der Waals surface area (Å²) in [5, 5.41) is 4.23. The maximum Gasteiger partial charge on any atom is 0.228 e. The lowest BCUT2D eigenvalue weighted by Gasteiger charge is -2.10. The summed E-state index contributed by atoms with van der Waals surface area (Å²) in [6.07, 6.45) is 0.823. The summed E-state index contributed by atoms with van der Waals surface area (Å²) >= 11 is 0. The second-order valence-electron chi connectivity index (χ2n) is 5.64. The Balaban J connectivity index is 1.80. The van der Waals surface area contributed by atoms with Crippen LogP contribution in [-0.2, 0) is 0 Å². The lowest BCUT2D eigenvalue weighted by Crippen LogP contribution is -2.00. The van der Waals surface area contributed by atoms with Crippen molar-refractivity contribution in [3.05, 3.63) is 84.4 Å². The van der Waals surface area contributed by atoms with Crippen LogP contribution in [0.3, 0.4) is 0 Å². The van der Waals surface area contributed by atoms with Crippen LogP contribution in [0.4, 0.5) is 11.6 Å². The number of aromatic nitrogens is 2. The third-order valence-corrected chi connectivity index (χ3v) is 3.95. The number of para-hydroxylation sites is 1. The minimum atomic E-state index is 0.524. The molecular weight excluding hydrogens is 310 g/mol. The molecule has 0 fully saturated rings. The summed E-state index contributed by atoms with van der Waals surface area (Å²) in [6, 6.07) is 25.2. The first kappa shape index (κ1) is 15.0. The van der Waals surface area contributed by atoms with E-state index in [0.29, 0.717) is 11.5 Å². The van der Waals surface area contributed by atoms with Gasteiger partial charge in [0.05, 0.1) is 11.2 Å². The SMILES string of the molecule is O=Cc1ccc(Nc2nc(-c3ccccc3)c3ccccc3n2)cc1. The van der Waals surface area contributed by atoms with E-state index < -0.39 is 0 Å². The fourth-order valence-electron chi connectivity index (χ4n) is 2.72. The highest BCUT2D eigenvalue weighted by Gasteiger charge is 2.09. The molecule has 0 bridgehead atoms. The van der Waals surface area contributed by atoms with Gasteiger partial charge in [0.15, 0.2) is 0 Å². The third-order valence-electron chi connectivity index (χ3n) is 3.95. The minimum absolute atomic E-state index is 0.524. The third kappa shape index (κ3) is 3.10. The molecule has 1 heterocycles. The zero-order chi connectivity index (χ0) is 17.1. The van der Waals surface area contributed by atoms with Crippen LogP contribution in [0.25, 0.3) is 22.2 Å². The van der Waals surface area contributed by atoms with E-state index >= 15 is 0 Å². The molecule has 4 nitrogen and oxygen atoms in total. The van der Waals surface area contributed by atoms with Crippen LogP contribution in [0, 0.1) is 0 Å². The standard InChI is InChI=1S/C21H15N3O/c25-14-15-10-12-17(13-11-15)22-21-23-19-9-5-4-8-18(19)20(24-21)16-6-2-1-3-7-16/h1-14H,(H,22,23,24). The van der Waals surface area contributed by atoms with E-state index in [0.717, 1.165) is 34.1 Å². The van der Waals surface area contributed by atoms with Gasteiger partial charge in [-0.15, -0.1) is 0 Å². The number of hydrogen-bond acceptors (Lipinski definition) is 4. The van der Waals surface area contributed by atoms with Crippen LogP contribution in [-0.4, -0.2) is 16.3 Å². The number of carbonyl (C=O) groups excluding carboxylic acids is 1. The molecule has 25 heavy (non-hydrogen) atoms. The summed E-state index contributed by atoms with van der Waals surface area (Å²) in [5.74, 6) is 0.524. The van der Waals surface area contributed by atoms with Crippen molar-refractivity contribution in [2.45, 2.75) is 0 Å². The number of anilines is 2. The maximum atomic E-state index is 10.8. The molecule has 4 aromatic rings. The van der Waals surface area contributed by atoms with E-state index in [-0.39, 0.29) is 0 Å². The van der Waals surface area contributed by atoms with Crippen LogP contribution in [0.1, 0.15) is 10.4 Å². The second kappa shape index (κ2) is 6.53. The Labute approximate surface area is 145 Å². The number of nitrogens with one attached hydrogen (secondary N) is 1. The van der Waals surface area contributed by atoms with Crippen molar-refractivity contribution < 1.29 is 4.79 Å². The van der Waals surface area contributed by atoms with E-state index in [1.165, 1.54) is 0 Å². The van der Waals surface area contributed by atoms with Gasteiger partial charge in [0, 0.05) is 22.2 Å². The zero-order valence-electron chi connectivity index (χ0n) is 13.4. The number of nitrogens with zero attached hydrogens (tertiary/aromatic N) is 2. The molecule has 0 saturated heterocycles. The van der Waals surface area contributed by atoms with Crippen LogP contribution < -0.4 is 5.32 Å². The highest BCUT2D eigenvalue weighted by molar-refractivity contribution is 5.93. The average molecular weight is 325 g/mol. The Bertz CT molecular complexity index is 1030. The minimum Gasteiger partial charge on any atom is -0.324 e. The van der Waals surface area contributed by atoms with E-state index in [2.05, 4.69) is 10.3 Å². The lowest BCUT2D eigenvalue weighted by molar-refractivity contribution is 0.112. The number of benzene rings is 3. The Morgan fingerprint density at radius 1 is 0.760 bits per heavy atom. The quantitative estimate of drug-likeness (QED) is 0.545. The topological polar surface area (TPSA) is 54.9 Å². The van der Waals surface area contributed by atoms with Crippen molar-refractivity contribution in [1.82, 2.24) is 9.97 Å². The first-order valence-electron chi connectivity index (χ1n) is 7.98.